The van der Waals surface area contributed by atoms with Gasteiger partial charge in [-0.25, -0.2) is 0 Å². The standard InChI is InChI=1S/C17H19BrO6/c1-17(22)8-11(19)13(15(20)23-2)12(14(17)16(21)24-3)9-5-4-6-10(18)7-9/h4-7,12-14,22H,8H2,1-3H3/t12-,13+,14-,17+/m0/s1. The fourth-order valence-corrected chi connectivity index (χ4v) is 3.80. The van der Waals surface area contributed by atoms with Crippen LogP contribution in [0.1, 0.15) is 24.8 Å². The molecule has 7 heteroatoms. The molecule has 1 aromatic rings. The van der Waals surface area contributed by atoms with E-state index in [1.165, 1.54) is 21.1 Å². The number of esters is 2. The molecule has 4 atom stereocenters. The number of carbonyl (C=O) groups is 3. The Morgan fingerprint density at radius 3 is 2.42 bits per heavy atom. The zero-order chi connectivity index (χ0) is 18.1. The second-order valence-electron chi connectivity index (χ2n) is 6.08. The molecular weight excluding hydrogens is 380 g/mol. The summed E-state index contributed by atoms with van der Waals surface area (Å²) < 4.78 is 10.3. The third kappa shape index (κ3) is 3.37. The van der Waals surface area contributed by atoms with E-state index in [1.54, 1.807) is 24.3 Å². The van der Waals surface area contributed by atoms with Crippen LogP contribution in [-0.4, -0.2) is 42.6 Å². The van der Waals surface area contributed by atoms with Crippen LogP contribution >= 0.6 is 15.9 Å². The van der Waals surface area contributed by atoms with Crippen LogP contribution in [0.2, 0.25) is 0 Å². The van der Waals surface area contributed by atoms with Crippen LogP contribution < -0.4 is 0 Å². The maximum Gasteiger partial charge on any atom is 0.316 e. The Kier molecular flexibility index (Phi) is 5.45. The topological polar surface area (TPSA) is 89.9 Å². The van der Waals surface area contributed by atoms with Crippen molar-refractivity contribution in [3.63, 3.8) is 0 Å². The van der Waals surface area contributed by atoms with E-state index in [4.69, 9.17) is 9.47 Å². The summed E-state index contributed by atoms with van der Waals surface area (Å²) in [6, 6.07) is 6.93. The number of hydrogen-bond acceptors (Lipinski definition) is 6. The van der Waals surface area contributed by atoms with Gasteiger partial charge in [0.15, 0.2) is 5.78 Å². The minimum Gasteiger partial charge on any atom is -0.469 e. The summed E-state index contributed by atoms with van der Waals surface area (Å²) in [7, 11) is 2.40. The van der Waals surface area contributed by atoms with Crippen molar-refractivity contribution in [1.29, 1.82) is 0 Å². The number of rotatable bonds is 3. The van der Waals surface area contributed by atoms with Gasteiger partial charge < -0.3 is 14.6 Å². The summed E-state index contributed by atoms with van der Waals surface area (Å²) in [4.78, 5) is 37.1. The van der Waals surface area contributed by atoms with Gasteiger partial charge in [0.2, 0.25) is 0 Å². The molecule has 0 saturated heterocycles. The number of ether oxygens (including phenoxy) is 2. The Labute approximate surface area is 148 Å². The van der Waals surface area contributed by atoms with Crippen LogP contribution in [-0.2, 0) is 23.9 Å². The van der Waals surface area contributed by atoms with Crippen LogP contribution in [0.4, 0.5) is 0 Å². The van der Waals surface area contributed by atoms with Crippen LogP contribution in [0.5, 0.6) is 0 Å². The minimum atomic E-state index is -1.62. The van der Waals surface area contributed by atoms with E-state index < -0.39 is 41.1 Å². The van der Waals surface area contributed by atoms with Crippen molar-refractivity contribution in [3.05, 3.63) is 34.3 Å². The number of halogens is 1. The van der Waals surface area contributed by atoms with Gasteiger partial charge in [-0.15, -0.1) is 0 Å². The van der Waals surface area contributed by atoms with Gasteiger partial charge in [0.1, 0.15) is 5.92 Å². The first-order valence-corrected chi connectivity index (χ1v) is 8.18. The monoisotopic (exact) mass is 398 g/mol. The largest absolute Gasteiger partial charge is 0.469 e. The molecule has 1 N–H and O–H groups in total. The molecule has 0 aromatic heterocycles. The molecule has 0 unspecified atom stereocenters. The van der Waals surface area contributed by atoms with Crippen molar-refractivity contribution in [2.45, 2.75) is 24.9 Å². The zero-order valence-corrected chi connectivity index (χ0v) is 15.2. The molecule has 1 aliphatic carbocycles. The number of hydrogen-bond donors (Lipinski definition) is 1. The molecule has 2 rings (SSSR count). The van der Waals surface area contributed by atoms with Gasteiger partial charge in [-0.05, 0) is 24.6 Å². The van der Waals surface area contributed by atoms with E-state index in [1.807, 2.05) is 0 Å². The molecule has 0 bridgehead atoms. The fourth-order valence-electron chi connectivity index (χ4n) is 3.38. The summed E-state index contributed by atoms with van der Waals surface area (Å²) in [6.07, 6.45) is -0.322. The number of methoxy groups -OCH3 is 2. The average molecular weight is 399 g/mol. The Bertz CT molecular complexity index is 669. The lowest BCUT2D eigenvalue weighted by atomic mass is 9.62. The lowest BCUT2D eigenvalue weighted by Gasteiger charge is -2.43. The van der Waals surface area contributed by atoms with Gasteiger partial charge in [-0.3, -0.25) is 14.4 Å². The van der Waals surface area contributed by atoms with Gasteiger partial charge in [-0.2, -0.15) is 0 Å². The first kappa shape index (κ1) is 18.6. The maximum absolute atomic E-state index is 12.5. The first-order chi connectivity index (χ1) is 11.2. The minimum absolute atomic E-state index is 0.322. The molecule has 1 aliphatic rings. The normalized spacial score (nSPS) is 29.9. The van der Waals surface area contributed by atoms with Crippen molar-refractivity contribution in [3.8, 4) is 0 Å². The predicted octanol–water partition coefficient (Wildman–Crippen LogP) is 1.83. The van der Waals surface area contributed by atoms with Gasteiger partial charge in [0.25, 0.3) is 0 Å². The van der Waals surface area contributed by atoms with Crippen molar-refractivity contribution in [2.24, 2.45) is 11.8 Å². The number of aliphatic hydroxyl groups is 1. The Morgan fingerprint density at radius 1 is 1.25 bits per heavy atom. The smallest absolute Gasteiger partial charge is 0.316 e. The number of ketones is 1. The highest BCUT2D eigenvalue weighted by Gasteiger charge is 2.56. The molecule has 0 amide bonds. The summed E-state index contributed by atoms with van der Waals surface area (Å²) in [6.45, 7) is 1.41. The Hall–Kier alpha value is -1.73. The van der Waals surface area contributed by atoms with Crippen molar-refractivity contribution >= 4 is 33.7 Å². The SMILES string of the molecule is COC(=O)[C@@H]1C(=O)C[C@@](C)(O)[C@H](C(=O)OC)[C@H]1c1cccc(Br)c1. The maximum atomic E-state index is 12.5. The van der Waals surface area contributed by atoms with E-state index in [-0.39, 0.29) is 6.42 Å². The second-order valence-corrected chi connectivity index (χ2v) is 7.00. The fraction of sp³-hybridized carbons (Fsp3) is 0.471. The highest BCUT2D eigenvalue weighted by molar-refractivity contribution is 9.10. The van der Waals surface area contributed by atoms with Crippen LogP contribution in [0.25, 0.3) is 0 Å². The summed E-state index contributed by atoms with van der Waals surface area (Å²) in [5, 5.41) is 10.7. The van der Waals surface area contributed by atoms with E-state index in [0.29, 0.717) is 5.56 Å². The summed E-state index contributed by atoms with van der Waals surface area (Å²) >= 11 is 3.34. The Morgan fingerprint density at radius 2 is 1.88 bits per heavy atom. The van der Waals surface area contributed by atoms with Crippen LogP contribution in [0, 0.1) is 11.8 Å². The average Bonchev–Trinajstić information content (AvgIpc) is 2.52. The van der Waals surface area contributed by atoms with Gasteiger partial charge in [0, 0.05) is 16.8 Å². The van der Waals surface area contributed by atoms with E-state index in [0.717, 1.165) is 4.47 Å². The summed E-state index contributed by atoms with van der Waals surface area (Å²) in [5.74, 6) is -4.98. The number of carbonyl (C=O) groups excluding carboxylic acids is 3. The van der Waals surface area contributed by atoms with Gasteiger partial charge >= 0.3 is 11.9 Å². The van der Waals surface area contributed by atoms with Crippen LogP contribution in [0.15, 0.2) is 28.7 Å². The highest BCUT2D eigenvalue weighted by Crippen LogP contribution is 2.46. The predicted molar refractivity (Wildman–Crippen MR) is 88.1 cm³/mol. The number of benzene rings is 1. The van der Waals surface area contributed by atoms with E-state index in [9.17, 15) is 19.5 Å². The van der Waals surface area contributed by atoms with E-state index in [2.05, 4.69) is 15.9 Å². The highest BCUT2D eigenvalue weighted by atomic mass is 79.9. The Balaban J connectivity index is 2.65. The third-order valence-corrected chi connectivity index (χ3v) is 4.90. The molecule has 0 spiro atoms. The molecule has 1 fully saturated rings. The number of Topliss-reactive ketones (excluding diaryl/α,β-unsaturated/α-hetero) is 1. The van der Waals surface area contributed by atoms with Crippen molar-refractivity contribution < 1.29 is 29.0 Å². The van der Waals surface area contributed by atoms with Gasteiger partial charge in [-0.1, -0.05) is 28.1 Å². The first-order valence-electron chi connectivity index (χ1n) is 7.39. The summed E-state index contributed by atoms with van der Waals surface area (Å²) in [5.41, 5.74) is -1.05. The van der Waals surface area contributed by atoms with Crippen molar-refractivity contribution in [2.75, 3.05) is 14.2 Å². The molecule has 0 aliphatic heterocycles. The van der Waals surface area contributed by atoms with Crippen LogP contribution in [0.3, 0.4) is 0 Å². The molecule has 6 nitrogen and oxygen atoms in total. The molecule has 130 valence electrons. The van der Waals surface area contributed by atoms with Crippen molar-refractivity contribution in [1.82, 2.24) is 0 Å². The molecular formula is C17H19BrO6. The molecule has 24 heavy (non-hydrogen) atoms. The molecule has 0 heterocycles. The second kappa shape index (κ2) is 7.03. The lowest BCUT2D eigenvalue weighted by Crippen LogP contribution is -2.55. The zero-order valence-electron chi connectivity index (χ0n) is 13.6. The van der Waals surface area contributed by atoms with Gasteiger partial charge in [0.05, 0.1) is 25.7 Å². The molecule has 1 saturated carbocycles. The molecule has 1 aromatic carbocycles. The van der Waals surface area contributed by atoms with E-state index >= 15 is 0 Å². The molecule has 0 radical (unpaired) electrons. The lowest BCUT2D eigenvalue weighted by molar-refractivity contribution is -0.170. The quantitative estimate of drug-likeness (QED) is 0.616. The third-order valence-electron chi connectivity index (χ3n) is 4.41.